The first-order valence-electron chi connectivity index (χ1n) is 8.43. The summed E-state index contributed by atoms with van der Waals surface area (Å²) in [6, 6.07) is 5.47. The second-order valence-electron chi connectivity index (χ2n) is 6.32. The fourth-order valence-electron chi connectivity index (χ4n) is 3.08. The number of fused-ring (bicyclic) bond motifs is 1. The van der Waals surface area contributed by atoms with Crippen LogP contribution in [0.3, 0.4) is 0 Å². The number of carbonyl (C=O) groups excluding carboxylic acids is 1. The lowest BCUT2D eigenvalue weighted by Gasteiger charge is -2.12. The first kappa shape index (κ1) is 16.3. The molecule has 0 radical (unpaired) electrons. The van der Waals surface area contributed by atoms with E-state index in [0.717, 1.165) is 22.7 Å². The van der Waals surface area contributed by atoms with E-state index in [1.54, 1.807) is 12.4 Å². The second kappa shape index (κ2) is 6.62. The van der Waals surface area contributed by atoms with Gasteiger partial charge in [-0.15, -0.1) is 0 Å². The summed E-state index contributed by atoms with van der Waals surface area (Å²) in [5, 5.41) is 11.2. The third-order valence-corrected chi connectivity index (χ3v) is 4.47. The predicted octanol–water partition coefficient (Wildman–Crippen LogP) is 1.82. The van der Waals surface area contributed by atoms with Gasteiger partial charge >= 0.3 is 0 Å². The molecule has 0 unspecified atom stereocenters. The topological polar surface area (TPSA) is 95.1 Å². The highest BCUT2D eigenvalue weighted by Gasteiger charge is 2.26. The number of carbonyl (C=O) groups is 1. The number of amides is 1. The van der Waals surface area contributed by atoms with Gasteiger partial charge in [0.05, 0.1) is 12.2 Å². The average Bonchev–Trinajstić information content (AvgIpc) is 3.28. The van der Waals surface area contributed by atoms with E-state index in [-0.39, 0.29) is 12.0 Å². The lowest BCUT2D eigenvalue weighted by Crippen LogP contribution is -2.25. The molecule has 4 heterocycles. The van der Waals surface area contributed by atoms with Crippen LogP contribution in [0.1, 0.15) is 33.2 Å². The number of nitrogens with one attached hydrogen (secondary N) is 1. The molecule has 0 bridgehead atoms. The van der Waals surface area contributed by atoms with Crippen LogP contribution in [-0.2, 0) is 19.5 Å². The Morgan fingerprint density at radius 1 is 1.38 bits per heavy atom. The van der Waals surface area contributed by atoms with Gasteiger partial charge in [-0.05, 0) is 32.0 Å². The van der Waals surface area contributed by atoms with Gasteiger partial charge in [-0.2, -0.15) is 5.10 Å². The van der Waals surface area contributed by atoms with E-state index >= 15 is 0 Å². The molecule has 1 aliphatic heterocycles. The molecule has 0 spiro atoms. The van der Waals surface area contributed by atoms with Gasteiger partial charge in [0.1, 0.15) is 23.3 Å². The van der Waals surface area contributed by atoms with Crippen LogP contribution in [-0.4, -0.2) is 31.9 Å². The van der Waals surface area contributed by atoms with Crippen LogP contribution in [0.15, 0.2) is 35.1 Å². The van der Waals surface area contributed by atoms with E-state index in [9.17, 15) is 4.79 Å². The highest BCUT2D eigenvalue weighted by atomic mass is 16.5. The molecule has 4 rings (SSSR count). The van der Waals surface area contributed by atoms with E-state index < -0.39 is 0 Å². The van der Waals surface area contributed by atoms with Crippen molar-refractivity contribution >= 4 is 5.91 Å². The Morgan fingerprint density at radius 2 is 2.19 bits per heavy atom. The summed E-state index contributed by atoms with van der Waals surface area (Å²) < 4.78 is 12.9. The summed E-state index contributed by atoms with van der Waals surface area (Å²) in [7, 11) is 0. The Morgan fingerprint density at radius 3 is 2.88 bits per heavy atom. The van der Waals surface area contributed by atoms with Crippen molar-refractivity contribution in [2.75, 3.05) is 0 Å². The molecule has 1 atom stereocenters. The van der Waals surface area contributed by atoms with Crippen LogP contribution in [0.25, 0.3) is 0 Å². The number of aromatic nitrogens is 4. The van der Waals surface area contributed by atoms with E-state index in [0.29, 0.717) is 31.0 Å². The quantitative estimate of drug-likeness (QED) is 0.752. The van der Waals surface area contributed by atoms with Crippen LogP contribution in [0.4, 0.5) is 0 Å². The fraction of sp³-hybridized carbons (Fsp3) is 0.333. The van der Waals surface area contributed by atoms with Crippen LogP contribution < -0.4 is 10.1 Å². The molecule has 1 N–H and O–H groups in total. The van der Waals surface area contributed by atoms with Crippen molar-refractivity contribution in [3.63, 3.8) is 0 Å². The van der Waals surface area contributed by atoms with Crippen molar-refractivity contribution in [3.8, 4) is 5.75 Å². The molecule has 0 saturated carbocycles. The maximum Gasteiger partial charge on any atom is 0.272 e. The molecule has 3 aromatic heterocycles. The Kier molecular flexibility index (Phi) is 4.16. The van der Waals surface area contributed by atoms with Gasteiger partial charge < -0.3 is 14.6 Å². The molecule has 134 valence electrons. The highest BCUT2D eigenvalue weighted by molar-refractivity contribution is 5.92. The summed E-state index contributed by atoms with van der Waals surface area (Å²) >= 11 is 0. The zero-order valence-corrected chi connectivity index (χ0v) is 14.6. The molecule has 26 heavy (non-hydrogen) atoms. The third-order valence-electron chi connectivity index (χ3n) is 4.47. The Hall–Kier alpha value is -3.16. The fourth-order valence-corrected chi connectivity index (χ4v) is 3.08. The highest BCUT2D eigenvalue weighted by Crippen LogP contribution is 2.21. The Bertz CT molecular complexity index is 889. The summed E-state index contributed by atoms with van der Waals surface area (Å²) in [6.07, 6.45) is 4.13. The van der Waals surface area contributed by atoms with Crippen molar-refractivity contribution < 1.29 is 14.1 Å². The molecule has 1 amide bonds. The van der Waals surface area contributed by atoms with Gasteiger partial charge in [-0.1, -0.05) is 5.16 Å². The molecule has 8 nitrogen and oxygen atoms in total. The third kappa shape index (κ3) is 3.17. The second-order valence-corrected chi connectivity index (χ2v) is 6.32. The minimum Gasteiger partial charge on any atom is -0.488 e. The lowest BCUT2D eigenvalue weighted by atomic mass is 10.2. The number of rotatable bonds is 5. The van der Waals surface area contributed by atoms with E-state index in [1.807, 2.05) is 36.7 Å². The van der Waals surface area contributed by atoms with E-state index in [4.69, 9.17) is 9.26 Å². The normalized spacial score (nSPS) is 15.7. The number of nitrogens with zero attached hydrogens (tertiary/aromatic N) is 4. The van der Waals surface area contributed by atoms with Gasteiger partial charge in [0, 0.05) is 36.6 Å². The molecule has 0 aliphatic carbocycles. The molecule has 0 saturated heterocycles. The summed E-state index contributed by atoms with van der Waals surface area (Å²) in [4.78, 5) is 16.3. The summed E-state index contributed by atoms with van der Waals surface area (Å²) in [5.74, 6) is 1.29. The lowest BCUT2D eigenvalue weighted by molar-refractivity contribution is 0.0944. The molecular formula is C18H19N5O3. The molecule has 0 aromatic carbocycles. The van der Waals surface area contributed by atoms with Gasteiger partial charge in [-0.25, -0.2) is 0 Å². The Labute approximate surface area is 150 Å². The number of hydrogen-bond acceptors (Lipinski definition) is 6. The predicted molar refractivity (Wildman–Crippen MR) is 91.7 cm³/mol. The van der Waals surface area contributed by atoms with Crippen molar-refractivity contribution in [3.05, 3.63) is 59.0 Å². The van der Waals surface area contributed by atoms with Crippen LogP contribution in [0, 0.1) is 13.8 Å². The molecule has 0 fully saturated rings. The zero-order chi connectivity index (χ0) is 18.1. The maximum atomic E-state index is 12.4. The van der Waals surface area contributed by atoms with Gasteiger partial charge in [0.15, 0.2) is 0 Å². The molecule has 1 aliphatic rings. The van der Waals surface area contributed by atoms with Crippen LogP contribution >= 0.6 is 0 Å². The first-order valence-corrected chi connectivity index (χ1v) is 8.43. The van der Waals surface area contributed by atoms with Crippen LogP contribution in [0.2, 0.25) is 0 Å². The summed E-state index contributed by atoms with van der Waals surface area (Å²) in [5.41, 5.74) is 3.09. The smallest absolute Gasteiger partial charge is 0.272 e. The first-order chi connectivity index (χ1) is 12.6. The van der Waals surface area contributed by atoms with Crippen LogP contribution in [0.5, 0.6) is 5.75 Å². The van der Waals surface area contributed by atoms with Crippen molar-refractivity contribution in [2.24, 2.45) is 0 Å². The molecular weight excluding hydrogens is 334 g/mol. The number of pyridine rings is 1. The number of aryl methyl sites for hydroxylation is 2. The zero-order valence-electron chi connectivity index (χ0n) is 14.6. The van der Waals surface area contributed by atoms with Gasteiger partial charge in [-0.3, -0.25) is 14.5 Å². The maximum absolute atomic E-state index is 12.4. The monoisotopic (exact) mass is 353 g/mol. The van der Waals surface area contributed by atoms with E-state index in [1.165, 1.54) is 0 Å². The van der Waals surface area contributed by atoms with Crippen molar-refractivity contribution in [1.82, 2.24) is 25.2 Å². The standard InChI is InChI=1S/C18H19N5O3/c1-11-16(12(2)26-22-11)9-20-18(24)17-8-13-7-15(10-23(13)21-17)25-14-3-5-19-6-4-14/h3-6,8,15H,7,9-10H2,1-2H3,(H,20,24)/t15-/m0/s1. The van der Waals surface area contributed by atoms with E-state index in [2.05, 4.69) is 20.6 Å². The minimum absolute atomic E-state index is 0.0133. The summed E-state index contributed by atoms with van der Waals surface area (Å²) in [6.45, 7) is 4.67. The number of ether oxygens (including phenoxy) is 1. The molecule has 8 heteroatoms. The van der Waals surface area contributed by atoms with Crippen molar-refractivity contribution in [1.29, 1.82) is 0 Å². The average molecular weight is 353 g/mol. The van der Waals surface area contributed by atoms with Crippen molar-refractivity contribution in [2.45, 2.75) is 39.5 Å². The minimum atomic E-state index is -0.210. The van der Waals surface area contributed by atoms with Gasteiger partial charge in [0.2, 0.25) is 0 Å². The van der Waals surface area contributed by atoms with Gasteiger partial charge in [0.25, 0.3) is 5.91 Å². The molecule has 3 aromatic rings. The number of hydrogen-bond donors (Lipinski definition) is 1. The Balaban J connectivity index is 1.36. The largest absolute Gasteiger partial charge is 0.488 e. The SMILES string of the molecule is Cc1noc(C)c1CNC(=O)c1cc2n(n1)C[C@@H](Oc1ccncc1)C2.